The summed E-state index contributed by atoms with van der Waals surface area (Å²) < 4.78 is 2.87. The molecule has 5 nitrogen and oxygen atoms in total. The van der Waals surface area contributed by atoms with E-state index in [4.69, 9.17) is 0 Å². The van der Waals surface area contributed by atoms with Gasteiger partial charge in [-0.05, 0) is 41.4 Å². The van der Waals surface area contributed by atoms with Crippen molar-refractivity contribution < 1.29 is 0 Å². The first-order chi connectivity index (χ1) is 10.2. The van der Waals surface area contributed by atoms with Crippen LogP contribution in [0.2, 0.25) is 0 Å². The summed E-state index contributed by atoms with van der Waals surface area (Å²) >= 11 is 3.54. The van der Waals surface area contributed by atoms with Gasteiger partial charge in [-0.3, -0.25) is 0 Å². The average Bonchev–Trinajstić information content (AvgIpc) is 2.92. The minimum absolute atomic E-state index is 0.637. The first-order valence-corrected chi connectivity index (χ1v) is 7.70. The summed E-state index contributed by atoms with van der Waals surface area (Å²) in [5.41, 5.74) is 2.56. The highest BCUT2D eigenvalue weighted by Crippen LogP contribution is 2.26. The van der Waals surface area contributed by atoms with Crippen molar-refractivity contribution in [3.8, 4) is 11.5 Å². The molecule has 0 radical (unpaired) electrons. The van der Waals surface area contributed by atoms with Gasteiger partial charge in [0.15, 0.2) is 5.82 Å². The van der Waals surface area contributed by atoms with Gasteiger partial charge in [-0.1, -0.05) is 13.0 Å². The second-order valence-electron chi connectivity index (χ2n) is 4.81. The van der Waals surface area contributed by atoms with Crippen LogP contribution in [0.25, 0.3) is 17.2 Å². The number of hydrogen-bond donors (Lipinski definition) is 1. The van der Waals surface area contributed by atoms with Gasteiger partial charge in [-0.25, -0.2) is 15.0 Å². The molecule has 21 heavy (non-hydrogen) atoms. The number of hydrogen-bond acceptors (Lipinski definition) is 4. The zero-order valence-corrected chi connectivity index (χ0v) is 13.6. The van der Waals surface area contributed by atoms with Gasteiger partial charge in [0, 0.05) is 18.9 Å². The summed E-state index contributed by atoms with van der Waals surface area (Å²) in [4.78, 5) is 13.7. The molecule has 0 aliphatic carbocycles. The van der Waals surface area contributed by atoms with Crippen molar-refractivity contribution in [2.45, 2.75) is 20.3 Å². The number of aromatic nitrogens is 4. The number of fused-ring (bicyclic) bond motifs is 1. The first-order valence-electron chi connectivity index (χ1n) is 6.91. The Balaban J connectivity index is 2.06. The third-order valence-corrected chi connectivity index (χ3v) is 4.10. The molecule has 3 aromatic rings. The van der Waals surface area contributed by atoms with Crippen LogP contribution in [0.1, 0.15) is 19.0 Å². The van der Waals surface area contributed by atoms with Crippen LogP contribution in [0, 0.1) is 6.92 Å². The Morgan fingerprint density at radius 3 is 2.86 bits per heavy atom. The SMILES string of the molecule is CCCNc1nc(-c2cn3ccccc3n2)nc(C)c1Br. The Labute approximate surface area is 131 Å². The summed E-state index contributed by atoms with van der Waals surface area (Å²) in [7, 11) is 0. The van der Waals surface area contributed by atoms with Gasteiger partial charge in [0.25, 0.3) is 0 Å². The summed E-state index contributed by atoms with van der Waals surface area (Å²) in [6, 6.07) is 5.90. The topological polar surface area (TPSA) is 55.1 Å². The Morgan fingerprint density at radius 2 is 2.10 bits per heavy atom. The van der Waals surface area contributed by atoms with E-state index in [0.717, 1.165) is 40.3 Å². The van der Waals surface area contributed by atoms with E-state index in [-0.39, 0.29) is 0 Å². The number of nitrogens with one attached hydrogen (secondary N) is 1. The van der Waals surface area contributed by atoms with Crippen LogP contribution >= 0.6 is 15.9 Å². The second-order valence-corrected chi connectivity index (χ2v) is 5.61. The van der Waals surface area contributed by atoms with Crippen LogP contribution in [0.5, 0.6) is 0 Å². The van der Waals surface area contributed by atoms with Crippen LogP contribution in [0.4, 0.5) is 5.82 Å². The maximum absolute atomic E-state index is 4.59. The highest BCUT2D eigenvalue weighted by molar-refractivity contribution is 9.10. The molecule has 0 saturated carbocycles. The van der Waals surface area contributed by atoms with E-state index in [1.54, 1.807) is 0 Å². The van der Waals surface area contributed by atoms with E-state index in [9.17, 15) is 0 Å². The normalized spacial score (nSPS) is 11.0. The number of imidazole rings is 1. The molecule has 3 rings (SSSR count). The zero-order valence-electron chi connectivity index (χ0n) is 12.0. The van der Waals surface area contributed by atoms with Gasteiger partial charge in [0.2, 0.25) is 0 Å². The highest BCUT2D eigenvalue weighted by atomic mass is 79.9. The molecular formula is C15H16BrN5. The molecule has 3 aromatic heterocycles. The Hall–Kier alpha value is -1.95. The third-order valence-electron chi connectivity index (χ3n) is 3.15. The van der Waals surface area contributed by atoms with Crippen molar-refractivity contribution >= 4 is 27.4 Å². The lowest BCUT2D eigenvalue weighted by Crippen LogP contribution is -2.06. The summed E-state index contributed by atoms with van der Waals surface area (Å²) in [5, 5.41) is 3.31. The molecule has 0 fully saturated rings. The quantitative estimate of drug-likeness (QED) is 0.783. The summed E-state index contributed by atoms with van der Waals surface area (Å²) in [6.07, 6.45) is 4.95. The molecule has 0 aliphatic heterocycles. The van der Waals surface area contributed by atoms with Gasteiger partial charge in [0.05, 0.1) is 10.2 Å². The van der Waals surface area contributed by atoms with E-state index < -0.39 is 0 Å². The van der Waals surface area contributed by atoms with Crippen molar-refractivity contribution in [1.29, 1.82) is 0 Å². The van der Waals surface area contributed by atoms with Crippen molar-refractivity contribution in [3.05, 3.63) is 40.8 Å². The van der Waals surface area contributed by atoms with E-state index in [1.807, 2.05) is 41.9 Å². The highest BCUT2D eigenvalue weighted by Gasteiger charge is 2.13. The van der Waals surface area contributed by atoms with E-state index in [2.05, 4.69) is 43.1 Å². The lowest BCUT2D eigenvalue weighted by Gasteiger charge is -2.09. The summed E-state index contributed by atoms with van der Waals surface area (Å²) in [5.74, 6) is 1.45. The maximum atomic E-state index is 4.59. The predicted molar refractivity (Wildman–Crippen MR) is 87.4 cm³/mol. The monoisotopic (exact) mass is 345 g/mol. The zero-order chi connectivity index (χ0) is 14.8. The molecule has 108 valence electrons. The van der Waals surface area contributed by atoms with Crippen LogP contribution in [0.15, 0.2) is 35.1 Å². The van der Waals surface area contributed by atoms with E-state index >= 15 is 0 Å². The van der Waals surface area contributed by atoms with Crippen LogP contribution < -0.4 is 5.32 Å². The largest absolute Gasteiger partial charge is 0.369 e. The molecule has 0 atom stereocenters. The Bertz CT molecular complexity index is 748. The van der Waals surface area contributed by atoms with E-state index in [1.165, 1.54) is 0 Å². The van der Waals surface area contributed by atoms with Gasteiger partial charge in [-0.2, -0.15) is 0 Å². The lowest BCUT2D eigenvalue weighted by molar-refractivity contribution is 0.957. The maximum Gasteiger partial charge on any atom is 0.182 e. The Kier molecular flexibility index (Phi) is 3.88. The van der Waals surface area contributed by atoms with Crippen molar-refractivity contribution in [2.75, 3.05) is 11.9 Å². The van der Waals surface area contributed by atoms with Crippen LogP contribution in [-0.2, 0) is 0 Å². The van der Waals surface area contributed by atoms with Crippen LogP contribution in [-0.4, -0.2) is 25.9 Å². The minimum Gasteiger partial charge on any atom is -0.369 e. The second kappa shape index (κ2) is 5.81. The molecule has 6 heteroatoms. The molecule has 0 aliphatic rings. The molecule has 0 saturated heterocycles. The predicted octanol–water partition coefficient (Wildman–Crippen LogP) is 3.68. The smallest absolute Gasteiger partial charge is 0.182 e. The van der Waals surface area contributed by atoms with Crippen LogP contribution in [0.3, 0.4) is 0 Å². The lowest BCUT2D eigenvalue weighted by atomic mass is 10.3. The molecule has 0 aromatic carbocycles. The summed E-state index contributed by atoms with van der Waals surface area (Å²) in [6.45, 7) is 4.96. The Morgan fingerprint density at radius 1 is 1.24 bits per heavy atom. The fraction of sp³-hybridized carbons (Fsp3) is 0.267. The number of halogens is 1. The molecule has 0 amide bonds. The number of rotatable bonds is 4. The van der Waals surface area contributed by atoms with Crippen molar-refractivity contribution in [2.24, 2.45) is 0 Å². The molecule has 1 N–H and O–H groups in total. The molecule has 3 heterocycles. The number of anilines is 1. The molecule has 0 spiro atoms. The average molecular weight is 346 g/mol. The fourth-order valence-electron chi connectivity index (χ4n) is 2.08. The molecule has 0 bridgehead atoms. The third kappa shape index (κ3) is 2.76. The van der Waals surface area contributed by atoms with Crippen molar-refractivity contribution in [3.63, 3.8) is 0 Å². The van der Waals surface area contributed by atoms with Gasteiger partial charge >= 0.3 is 0 Å². The first kappa shape index (κ1) is 14.0. The van der Waals surface area contributed by atoms with E-state index in [0.29, 0.717) is 5.82 Å². The number of aryl methyl sites for hydroxylation is 1. The van der Waals surface area contributed by atoms with Crippen molar-refractivity contribution in [1.82, 2.24) is 19.4 Å². The number of pyridine rings is 1. The van der Waals surface area contributed by atoms with Gasteiger partial charge in [-0.15, -0.1) is 0 Å². The van der Waals surface area contributed by atoms with Gasteiger partial charge in [0.1, 0.15) is 17.2 Å². The fourth-order valence-corrected chi connectivity index (χ4v) is 2.39. The standard InChI is InChI=1S/C15H16BrN5/c1-3-7-17-15-13(16)10(2)18-14(20-15)11-9-21-8-5-4-6-12(21)19-11/h4-6,8-9H,3,7H2,1-2H3,(H,17,18,20). The minimum atomic E-state index is 0.637. The number of nitrogens with zero attached hydrogens (tertiary/aromatic N) is 4. The molecule has 0 unspecified atom stereocenters. The molecular weight excluding hydrogens is 330 g/mol. The van der Waals surface area contributed by atoms with Gasteiger partial charge < -0.3 is 9.72 Å².